The summed E-state index contributed by atoms with van der Waals surface area (Å²) in [6, 6.07) is 2.89. The van der Waals surface area contributed by atoms with Gasteiger partial charge in [0.1, 0.15) is 21.5 Å². The van der Waals surface area contributed by atoms with Gasteiger partial charge in [-0.2, -0.15) is 0 Å². The number of anilines is 1. The molecule has 7 nitrogen and oxygen atoms in total. The molecule has 1 aromatic carbocycles. The predicted molar refractivity (Wildman–Crippen MR) is 110 cm³/mol. The molecule has 1 N–H and O–H groups in total. The van der Waals surface area contributed by atoms with Crippen LogP contribution in [0.3, 0.4) is 0 Å². The summed E-state index contributed by atoms with van der Waals surface area (Å²) in [4.78, 5) is 37.2. The number of hydrogen-bond acceptors (Lipinski definition) is 6. The lowest BCUT2D eigenvalue weighted by Crippen LogP contribution is -2.31. The Hall–Kier alpha value is -2.92. The maximum atomic E-state index is 13.4. The molecule has 0 aliphatic carbocycles. The molecule has 0 unspecified atom stereocenters. The summed E-state index contributed by atoms with van der Waals surface area (Å²) in [6.07, 6.45) is 1.67. The van der Waals surface area contributed by atoms with Crippen LogP contribution < -0.4 is 10.2 Å². The van der Waals surface area contributed by atoms with Crippen LogP contribution in [0.15, 0.2) is 29.8 Å². The molecule has 3 amide bonds. The number of rotatable bonds is 6. The second-order valence-electron chi connectivity index (χ2n) is 6.65. The van der Waals surface area contributed by atoms with Crippen LogP contribution in [0.2, 0.25) is 0 Å². The number of halogens is 2. The zero-order valence-corrected chi connectivity index (χ0v) is 17.5. The molecule has 11 heteroatoms. The summed E-state index contributed by atoms with van der Waals surface area (Å²) < 4.78 is 26.8. The first-order chi connectivity index (χ1) is 14.4. The van der Waals surface area contributed by atoms with E-state index in [1.54, 1.807) is 13.1 Å². The maximum Gasteiger partial charge on any atom is 0.326 e. The third-order valence-electron chi connectivity index (χ3n) is 4.50. The van der Waals surface area contributed by atoms with E-state index in [0.29, 0.717) is 40.9 Å². The van der Waals surface area contributed by atoms with Crippen LogP contribution in [-0.4, -0.2) is 39.9 Å². The summed E-state index contributed by atoms with van der Waals surface area (Å²) in [5.74, 6) is -1.64. The number of nitrogens with zero attached hydrogens (tertiary/aromatic N) is 4. The van der Waals surface area contributed by atoms with E-state index >= 15 is 0 Å². The molecule has 1 aliphatic rings. The van der Waals surface area contributed by atoms with Crippen molar-refractivity contribution in [3.63, 3.8) is 0 Å². The van der Waals surface area contributed by atoms with Crippen molar-refractivity contribution in [2.45, 2.75) is 20.0 Å². The number of urea groups is 1. The lowest BCUT2D eigenvalue weighted by atomic mass is 10.2. The lowest BCUT2D eigenvalue weighted by molar-refractivity contribution is 0.0954. The molecule has 1 fully saturated rings. The third kappa shape index (κ3) is 4.31. The van der Waals surface area contributed by atoms with Gasteiger partial charge in [0.15, 0.2) is 5.13 Å². The van der Waals surface area contributed by atoms with Crippen molar-refractivity contribution >= 4 is 39.7 Å². The molecular formula is C19H17F2N5O2S2. The van der Waals surface area contributed by atoms with E-state index in [1.807, 2.05) is 5.38 Å². The Kier molecular flexibility index (Phi) is 5.73. The molecule has 0 radical (unpaired) electrons. The fraction of sp³-hybridized carbons (Fsp3) is 0.263. The van der Waals surface area contributed by atoms with Crippen molar-refractivity contribution in [3.8, 4) is 0 Å². The average molecular weight is 450 g/mol. The first kappa shape index (κ1) is 20.4. The van der Waals surface area contributed by atoms with E-state index < -0.39 is 11.6 Å². The van der Waals surface area contributed by atoms with Crippen molar-refractivity contribution in [3.05, 3.63) is 62.6 Å². The quantitative estimate of drug-likeness (QED) is 0.624. The molecule has 30 heavy (non-hydrogen) atoms. The highest BCUT2D eigenvalue weighted by molar-refractivity contribution is 7.17. The SMILES string of the molecule is Cc1nc(N2CCN(Cc3cc(F)cc(F)c3)C2=O)sc1C(=O)NCc1nccs1. The molecule has 156 valence electrons. The number of aryl methyl sites for hydroxylation is 1. The average Bonchev–Trinajstić information content (AvgIpc) is 3.41. The monoisotopic (exact) mass is 449 g/mol. The zero-order chi connectivity index (χ0) is 21.3. The van der Waals surface area contributed by atoms with Crippen LogP contribution >= 0.6 is 22.7 Å². The largest absolute Gasteiger partial charge is 0.345 e. The molecule has 2 aromatic heterocycles. The van der Waals surface area contributed by atoms with Gasteiger partial charge in [-0.1, -0.05) is 11.3 Å². The number of aromatic nitrogens is 2. The van der Waals surface area contributed by atoms with E-state index in [9.17, 15) is 18.4 Å². The molecule has 1 aliphatic heterocycles. The number of carbonyl (C=O) groups excluding carboxylic acids is 2. The lowest BCUT2D eigenvalue weighted by Gasteiger charge is -2.17. The number of thiazole rings is 2. The van der Waals surface area contributed by atoms with Gasteiger partial charge in [-0.3, -0.25) is 9.69 Å². The molecule has 0 saturated carbocycles. The van der Waals surface area contributed by atoms with Gasteiger partial charge in [-0.05, 0) is 24.6 Å². The number of amides is 3. The van der Waals surface area contributed by atoms with Gasteiger partial charge in [0, 0.05) is 37.3 Å². The van der Waals surface area contributed by atoms with Gasteiger partial charge < -0.3 is 10.2 Å². The third-order valence-corrected chi connectivity index (χ3v) is 6.46. The summed E-state index contributed by atoms with van der Waals surface area (Å²) in [5, 5.41) is 5.85. The summed E-state index contributed by atoms with van der Waals surface area (Å²) in [5.41, 5.74) is 0.908. The van der Waals surface area contributed by atoms with E-state index in [0.717, 1.165) is 22.4 Å². The fourth-order valence-electron chi connectivity index (χ4n) is 3.11. The standard InChI is InChI=1S/C19H17F2N5O2S2/c1-11-16(17(27)23-9-15-22-2-5-29-15)30-18(24-11)26-4-3-25(19(26)28)10-12-6-13(20)8-14(21)7-12/h2,5-8H,3-4,9-10H2,1H3,(H,23,27). The normalized spacial score (nSPS) is 13.9. The fourth-order valence-corrected chi connectivity index (χ4v) is 4.67. The van der Waals surface area contributed by atoms with E-state index in [2.05, 4.69) is 15.3 Å². The van der Waals surface area contributed by atoms with E-state index in [-0.39, 0.29) is 18.5 Å². The predicted octanol–water partition coefficient (Wildman–Crippen LogP) is 3.56. The number of benzene rings is 1. The summed E-state index contributed by atoms with van der Waals surface area (Å²) in [7, 11) is 0. The first-order valence-corrected chi connectivity index (χ1v) is 10.8. The Bertz CT molecular complexity index is 1070. The highest BCUT2D eigenvalue weighted by atomic mass is 32.1. The Labute approximate surface area is 179 Å². The minimum Gasteiger partial charge on any atom is -0.345 e. The minimum absolute atomic E-state index is 0.0928. The van der Waals surface area contributed by atoms with Crippen molar-refractivity contribution in [1.29, 1.82) is 0 Å². The van der Waals surface area contributed by atoms with Gasteiger partial charge in [0.05, 0.1) is 12.2 Å². The Morgan fingerprint density at radius 2 is 2.00 bits per heavy atom. The molecule has 3 heterocycles. The van der Waals surface area contributed by atoms with Gasteiger partial charge in [0.2, 0.25) is 0 Å². The Balaban J connectivity index is 1.43. The molecule has 0 bridgehead atoms. The molecule has 3 aromatic rings. The molecule has 1 saturated heterocycles. The van der Waals surface area contributed by atoms with Gasteiger partial charge >= 0.3 is 6.03 Å². The molecular weight excluding hydrogens is 432 g/mol. The highest BCUT2D eigenvalue weighted by Crippen LogP contribution is 2.29. The Morgan fingerprint density at radius 1 is 1.23 bits per heavy atom. The van der Waals surface area contributed by atoms with Crippen LogP contribution in [-0.2, 0) is 13.1 Å². The number of carbonyl (C=O) groups is 2. The topological polar surface area (TPSA) is 78.4 Å². The summed E-state index contributed by atoms with van der Waals surface area (Å²) in [6.45, 7) is 2.90. The molecule has 0 spiro atoms. The van der Waals surface area contributed by atoms with E-state index in [1.165, 1.54) is 33.3 Å². The van der Waals surface area contributed by atoms with Crippen molar-refractivity contribution < 1.29 is 18.4 Å². The van der Waals surface area contributed by atoms with Crippen molar-refractivity contribution in [1.82, 2.24) is 20.2 Å². The highest BCUT2D eigenvalue weighted by Gasteiger charge is 2.32. The van der Waals surface area contributed by atoms with Gasteiger partial charge in [-0.15, -0.1) is 11.3 Å². The second-order valence-corrected chi connectivity index (χ2v) is 8.61. The molecule has 0 atom stereocenters. The van der Waals surface area contributed by atoms with Crippen LogP contribution in [0.25, 0.3) is 0 Å². The first-order valence-electron chi connectivity index (χ1n) is 9.06. The molecule has 4 rings (SSSR count). The van der Waals surface area contributed by atoms with Gasteiger partial charge in [-0.25, -0.2) is 23.5 Å². The summed E-state index contributed by atoms with van der Waals surface area (Å²) >= 11 is 2.59. The van der Waals surface area contributed by atoms with Crippen molar-refractivity contribution in [2.75, 3.05) is 18.0 Å². The second kappa shape index (κ2) is 8.44. The smallest absolute Gasteiger partial charge is 0.326 e. The van der Waals surface area contributed by atoms with Crippen LogP contribution in [0.4, 0.5) is 18.7 Å². The van der Waals surface area contributed by atoms with Crippen LogP contribution in [0.5, 0.6) is 0 Å². The van der Waals surface area contributed by atoms with Crippen LogP contribution in [0.1, 0.15) is 25.9 Å². The van der Waals surface area contributed by atoms with E-state index in [4.69, 9.17) is 0 Å². The minimum atomic E-state index is -0.683. The Morgan fingerprint density at radius 3 is 2.70 bits per heavy atom. The number of nitrogens with one attached hydrogen (secondary N) is 1. The van der Waals surface area contributed by atoms with Gasteiger partial charge in [0.25, 0.3) is 5.91 Å². The number of hydrogen-bond donors (Lipinski definition) is 1. The maximum absolute atomic E-state index is 13.4. The zero-order valence-electron chi connectivity index (χ0n) is 15.9. The van der Waals surface area contributed by atoms with Crippen LogP contribution in [0, 0.1) is 18.6 Å². The van der Waals surface area contributed by atoms with Crippen molar-refractivity contribution in [2.24, 2.45) is 0 Å².